The molecule has 0 spiro atoms. The lowest BCUT2D eigenvalue weighted by Crippen LogP contribution is -2.13. The van der Waals surface area contributed by atoms with Crippen LogP contribution in [-0.4, -0.2) is 15.7 Å². The van der Waals surface area contributed by atoms with Gasteiger partial charge >= 0.3 is 0 Å². The molecular weight excluding hydrogens is 396 g/mol. The van der Waals surface area contributed by atoms with E-state index >= 15 is 0 Å². The number of halogens is 2. The number of rotatable bonds is 3. The molecule has 0 aliphatic carbocycles. The van der Waals surface area contributed by atoms with Gasteiger partial charge in [-0.1, -0.05) is 12.1 Å². The number of anilines is 1. The van der Waals surface area contributed by atoms with Crippen molar-refractivity contribution in [2.45, 2.75) is 0 Å². The van der Waals surface area contributed by atoms with Gasteiger partial charge in [0.05, 0.1) is 0 Å². The third-order valence-electron chi connectivity index (χ3n) is 3.02. The minimum Gasteiger partial charge on any atom is -0.321 e. The highest BCUT2D eigenvalue weighted by Gasteiger charge is 2.12. The van der Waals surface area contributed by atoms with Crippen molar-refractivity contribution in [2.75, 3.05) is 5.32 Å². The number of aromatic nitrogens is 2. The maximum atomic E-state index is 13.7. The Morgan fingerprint density at radius 3 is 2.55 bits per heavy atom. The Morgan fingerprint density at radius 1 is 1.09 bits per heavy atom. The fraction of sp³-hybridized carbons (Fsp3) is 0. The number of carbonyl (C=O) groups is 1. The molecule has 1 aromatic heterocycles. The van der Waals surface area contributed by atoms with Crippen molar-refractivity contribution >= 4 is 34.2 Å². The van der Waals surface area contributed by atoms with Crippen LogP contribution in [0.4, 0.5) is 10.1 Å². The van der Waals surface area contributed by atoms with Gasteiger partial charge in [0.2, 0.25) is 0 Å². The van der Waals surface area contributed by atoms with Gasteiger partial charge in [-0.05, 0) is 65.1 Å². The molecule has 1 heterocycles. The molecule has 0 atom stereocenters. The molecule has 0 bridgehead atoms. The second-order valence-electron chi connectivity index (χ2n) is 4.56. The molecule has 4 nitrogen and oxygen atoms in total. The van der Waals surface area contributed by atoms with E-state index in [4.69, 9.17) is 0 Å². The lowest BCUT2D eigenvalue weighted by atomic mass is 10.3. The van der Waals surface area contributed by atoms with E-state index in [-0.39, 0.29) is 11.6 Å². The first kappa shape index (κ1) is 14.7. The maximum Gasteiger partial charge on any atom is 0.276 e. The topological polar surface area (TPSA) is 46.9 Å². The average Bonchev–Trinajstić information content (AvgIpc) is 3.00. The molecule has 0 saturated carbocycles. The number of carbonyl (C=O) groups excluding carboxylic acids is 1. The Bertz CT molecular complexity index is 814. The molecule has 0 aliphatic rings. The van der Waals surface area contributed by atoms with E-state index in [0.717, 1.165) is 3.57 Å². The Morgan fingerprint density at radius 2 is 1.82 bits per heavy atom. The van der Waals surface area contributed by atoms with Crippen molar-refractivity contribution in [2.24, 2.45) is 0 Å². The van der Waals surface area contributed by atoms with Crippen LogP contribution >= 0.6 is 22.6 Å². The molecule has 0 fully saturated rings. The highest BCUT2D eigenvalue weighted by atomic mass is 127. The predicted octanol–water partition coefficient (Wildman–Crippen LogP) is 3.87. The van der Waals surface area contributed by atoms with Crippen molar-refractivity contribution in [1.29, 1.82) is 0 Å². The van der Waals surface area contributed by atoms with Crippen LogP contribution in [-0.2, 0) is 0 Å². The van der Waals surface area contributed by atoms with Crippen LogP contribution in [0.2, 0.25) is 0 Å². The van der Waals surface area contributed by atoms with Crippen molar-refractivity contribution < 1.29 is 9.18 Å². The van der Waals surface area contributed by atoms with Gasteiger partial charge in [-0.3, -0.25) is 4.79 Å². The Balaban J connectivity index is 1.80. The summed E-state index contributed by atoms with van der Waals surface area (Å²) in [7, 11) is 0. The maximum absolute atomic E-state index is 13.7. The summed E-state index contributed by atoms with van der Waals surface area (Å²) in [6.07, 6.45) is 1.56. The van der Waals surface area contributed by atoms with Crippen LogP contribution in [0, 0.1) is 9.39 Å². The van der Waals surface area contributed by atoms with Crippen LogP contribution in [0.3, 0.4) is 0 Å². The van der Waals surface area contributed by atoms with Crippen LogP contribution in [0.5, 0.6) is 0 Å². The molecule has 0 saturated heterocycles. The minimum absolute atomic E-state index is 0.224. The largest absolute Gasteiger partial charge is 0.321 e. The van der Waals surface area contributed by atoms with Crippen molar-refractivity contribution in [3.63, 3.8) is 0 Å². The number of nitrogens with zero attached hydrogens (tertiary/aromatic N) is 2. The van der Waals surface area contributed by atoms with E-state index in [1.165, 1.54) is 10.7 Å². The summed E-state index contributed by atoms with van der Waals surface area (Å²) in [5, 5.41) is 6.87. The number of nitrogens with one attached hydrogen (secondary N) is 1. The van der Waals surface area contributed by atoms with Gasteiger partial charge in [-0.25, -0.2) is 9.07 Å². The first-order valence-corrected chi connectivity index (χ1v) is 7.59. The SMILES string of the molecule is O=C(Nc1ccc(I)cc1)c1ccn(-c2ccccc2F)n1. The van der Waals surface area contributed by atoms with Crippen LogP contribution in [0.25, 0.3) is 5.69 Å². The summed E-state index contributed by atoms with van der Waals surface area (Å²) in [5.41, 5.74) is 1.21. The minimum atomic E-state index is -0.393. The number of amides is 1. The molecule has 22 heavy (non-hydrogen) atoms. The molecule has 2 aromatic carbocycles. The van der Waals surface area contributed by atoms with Crippen LogP contribution in [0.15, 0.2) is 60.8 Å². The van der Waals surface area contributed by atoms with Gasteiger partial charge in [-0.15, -0.1) is 0 Å². The van der Waals surface area contributed by atoms with E-state index in [0.29, 0.717) is 11.4 Å². The molecule has 3 aromatic rings. The normalized spacial score (nSPS) is 10.5. The number of hydrogen-bond donors (Lipinski definition) is 1. The molecule has 6 heteroatoms. The smallest absolute Gasteiger partial charge is 0.276 e. The number of benzene rings is 2. The van der Waals surface area contributed by atoms with E-state index < -0.39 is 5.82 Å². The Kier molecular flexibility index (Phi) is 4.19. The first-order valence-electron chi connectivity index (χ1n) is 6.51. The molecule has 0 radical (unpaired) electrons. The van der Waals surface area contributed by atoms with E-state index in [1.54, 1.807) is 30.5 Å². The van der Waals surface area contributed by atoms with Crippen molar-refractivity contribution in [3.05, 3.63) is 75.9 Å². The van der Waals surface area contributed by atoms with E-state index in [9.17, 15) is 9.18 Å². The van der Waals surface area contributed by atoms with Gasteiger partial charge in [0.15, 0.2) is 5.69 Å². The van der Waals surface area contributed by atoms with Crippen LogP contribution in [0.1, 0.15) is 10.5 Å². The standard InChI is InChI=1S/C16H11FIN3O/c17-13-3-1-2-4-15(13)21-10-9-14(20-21)16(22)19-12-7-5-11(18)6-8-12/h1-10H,(H,19,22). The zero-order valence-electron chi connectivity index (χ0n) is 11.3. The van der Waals surface area contributed by atoms with E-state index in [2.05, 4.69) is 33.0 Å². The van der Waals surface area contributed by atoms with Gasteiger partial charge < -0.3 is 5.32 Å². The molecule has 3 rings (SSSR count). The van der Waals surface area contributed by atoms with Crippen molar-refractivity contribution in [3.8, 4) is 5.69 Å². The highest BCUT2D eigenvalue weighted by Crippen LogP contribution is 2.14. The monoisotopic (exact) mass is 407 g/mol. The zero-order chi connectivity index (χ0) is 15.5. The van der Waals surface area contributed by atoms with E-state index in [1.807, 2.05) is 24.3 Å². The summed E-state index contributed by atoms with van der Waals surface area (Å²) >= 11 is 2.19. The predicted molar refractivity (Wildman–Crippen MR) is 90.6 cm³/mol. The Labute approximate surface area is 140 Å². The quantitative estimate of drug-likeness (QED) is 0.671. The fourth-order valence-corrected chi connectivity index (χ4v) is 2.30. The lowest BCUT2D eigenvalue weighted by molar-refractivity contribution is 0.102. The summed E-state index contributed by atoms with van der Waals surface area (Å²) in [5.74, 6) is -0.730. The molecule has 0 aliphatic heterocycles. The first-order chi connectivity index (χ1) is 10.6. The van der Waals surface area contributed by atoms with Crippen LogP contribution < -0.4 is 5.32 Å². The highest BCUT2D eigenvalue weighted by molar-refractivity contribution is 14.1. The van der Waals surface area contributed by atoms with Gasteiger partial charge in [0, 0.05) is 15.5 Å². The molecule has 110 valence electrons. The Hall–Kier alpha value is -2.22. The molecular formula is C16H11FIN3O. The second-order valence-corrected chi connectivity index (χ2v) is 5.80. The fourth-order valence-electron chi connectivity index (χ4n) is 1.95. The van der Waals surface area contributed by atoms with Gasteiger partial charge in [0.25, 0.3) is 5.91 Å². The zero-order valence-corrected chi connectivity index (χ0v) is 13.5. The van der Waals surface area contributed by atoms with Crippen molar-refractivity contribution in [1.82, 2.24) is 9.78 Å². The molecule has 0 unspecified atom stereocenters. The second kappa shape index (κ2) is 6.27. The van der Waals surface area contributed by atoms with Gasteiger partial charge in [0.1, 0.15) is 11.5 Å². The average molecular weight is 407 g/mol. The molecule has 1 amide bonds. The summed E-state index contributed by atoms with van der Waals surface area (Å²) in [6, 6.07) is 15.2. The lowest BCUT2D eigenvalue weighted by Gasteiger charge is -2.04. The number of hydrogen-bond acceptors (Lipinski definition) is 2. The summed E-state index contributed by atoms with van der Waals surface area (Å²) in [4.78, 5) is 12.1. The van der Waals surface area contributed by atoms with Gasteiger partial charge in [-0.2, -0.15) is 5.10 Å². The summed E-state index contributed by atoms with van der Waals surface area (Å²) in [6.45, 7) is 0. The molecule has 1 N–H and O–H groups in total. The third kappa shape index (κ3) is 3.16. The third-order valence-corrected chi connectivity index (χ3v) is 3.74. The summed E-state index contributed by atoms with van der Waals surface area (Å²) < 4.78 is 16.1. The number of para-hydroxylation sites is 1.